The molecule has 2 N–H and O–H groups in total. The van der Waals surface area contributed by atoms with Crippen molar-refractivity contribution in [2.24, 2.45) is 0 Å². The summed E-state index contributed by atoms with van der Waals surface area (Å²) in [6.45, 7) is 9.00. The molecule has 118 valence electrons. The van der Waals surface area contributed by atoms with Crippen LogP contribution in [0.25, 0.3) is 0 Å². The zero-order valence-corrected chi connectivity index (χ0v) is 14.0. The molecule has 1 aromatic rings. The van der Waals surface area contributed by atoms with Crippen molar-refractivity contribution in [3.05, 3.63) is 28.3 Å². The second-order valence-corrected chi connectivity index (χ2v) is 7.04. The fraction of sp³-hybridized carbons (Fsp3) is 0.533. The number of carbonyl (C=O) groups is 1. The summed E-state index contributed by atoms with van der Waals surface area (Å²) in [5, 5.41) is 9.14. The molecule has 0 amide bonds. The highest BCUT2D eigenvalue weighted by Crippen LogP contribution is 2.26. The van der Waals surface area contributed by atoms with Crippen LogP contribution in [-0.2, 0) is 14.8 Å². The first-order chi connectivity index (χ1) is 9.61. The van der Waals surface area contributed by atoms with Gasteiger partial charge in [0.05, 0.1) is 4.90 Å². The summed E-state index contributed by atoms with van der Waals surface area (Å²) in [7, 11) is -3.86. The van der Waals surface area contributed by atoms with Crippen molar-refractivity contribution in [2.45, 2.75) is 58.4 Å². The Morgan fingerprint density at radius 1 is 1.19 bits per heavy atom. The van der Waals surface area contributed by atoms with Crippen LogP contribution in [-0.4, -0.2) is 25.5 Å². The van der Waals surface area contributed by atoms with E-state index in [0.717, 1.165) is 11.1 Å². The van der Waals surface area contributed by atoms with E-state index in [-0.39, 0.29) is 11.3 Å². The highest BCUT2D eigenvalue weighted by Gasteiger charge is 2.28. The summed E-state index contributed by atoms with van der Waals surface area (Å²) in [6.07, 6.45) is 0.849. The minimum absolute atomic E-state index is 0.197. The first-order valence-corrected chi connectivity index (χ1v) is 8.42. The van der Waals surface area contributed by atoms with Gasteiger partial charge in [0, 0.05) is 0 Å². The average Bonchev–Trinajstić information content (AvgIpc) is 2.35. The second-order valence-electron chi connectivity index (χ2n) is 5.39. The van der Waals surface area contributed by atoms with Crippen LogP contribution in [0.4, 0.5) is 0 Å². The van der Waals surface area contributed by atoms with Gasteiger partial charge in [0.1, 0.15) is 6.04 Å². The molecule has 0 bridgehead atoms. The van der Waals surface area contributed by atoms with Gasteiger partial charge in [-0.05, 0) is 56.4 Å². The topological polar surface area (TPSA) is 83.5 Å². The first-order valence-electron chi connectivity index (χ1n) is 6.94. The number of benzene rings is 1. The Labute approximate surface area is 126 Å². The lowest BCUT2D eigenvalue weighted by Gasteiger charge is -2.19. The van der Waals surface area contributed by atoms with Crippen LogP contribution >= 0.6 is 0 Å². The van der Waals surface area contributed by atoms with Gasteiger partial charge in [-0.1, -0.05) is 19.4 Å². The standard InChI is InChI=1S/C15H23NO4S/c1-6-7-13(15(17)18)16-21(19,20)14-11(4)9(2)8-10(3)12(14)5/h8,13,16H,6-7H2,1-5H3,(H,17,18). The summed E-state index contributed by atoms with van der Waals surface area (Å²) in [6, 6.07) is 0.837. The lowest BCUT2D eigenvalue weighted by molar-refractivity contribution is -0.139. The van der Waals surface area contributed by atoms with E-state index in [1.54, 1.807) is 13.8 Å². The number of aliphatic carboxylic acids is 1. The van der Waals surface area contributed by atoms with Crippen LogP contribution in [0, 0.1) is 27.7 Å². The van der Waals surface area contributed by atoms with Crippen LogP contribution in [0.5, 0.6) is 0 Å². The van der Waals surface area contributed by atoms with Gasteiger partial charge >= 0.3 is 5.97 Å². The molecule has 0 heterocycles. The monoisotopic (exact) mass is 313 g/mol. The SMILES string of the molecule is CCCC(NS(=O)(=O)c1c(C)c(C)cc(C)c1C)C(=O)O. The summed E-state index contributed by atoms with van der Waals surface area (Å²) in [5.41, 5.74) is 3.07. The van der Waals surface area contributed by atoms with Crippen molar-refractivity contribution in [2.75, 3.05) is 0 Å². The zero-order chi connectivity index (χ0) is 16.4. The summed E-state index contributed by atoms with van der Waals surface area (Å²) >= 11 is 0. The van der Waals surface area contributed by atoms with Crippen molar-refractivity contribution in [1.29, 1.82) is 0 Å². The van der Waals surface area contributed by atoms with E-state index in [9.17, 15) is 13.2 Å². The van der Waals surface area contributed by atoms with Gasteiger partial charge < -0.3 is 5.11 Å². The van der Waals surface area contributed by atoms with Crippen molar-refractivity contribution in [1.82, 2.24) is 4.72 Å². The Morgan fingerprint density at radius 2 is 1.67 bits per heavy atom. The molecule has 0 radical (unpaired) electrons. The number of nitrogens with one attached hydrogen (secondary N) is 1. The summed E-state index contributed by atoms with van der Waals surface area (Å²) in [5.74, 6) is -1.15. The fourth-order valence-electron chi connectivity index (χ4n) is 2.35. The lowest BCUT2D eigenvalue weighted by Crippen LogP contribution is -2.41. The molecule has 6 heteroatoms. The molecular weight excluding hydrogens is 290 g/mol. The second kappa shape index (κ2) is 6.58. The molecule has 0 saturated heterocycles. The van der Waals surface area contributed by atoms with E-state index in [1.165, 1.54) is 0 Å². The zero-order valence-electron chi connectivity index (χ0n) is 13.1. The third-order valence-electron chi connectivity index (χ3n) is 3.74. The number of hydrogen-bond donors (Lipinski definition) is 2. The van der Waals surface area contributed by atoms with Crippen LogP contribution < -0.4 is 4.72 Å². The number of carboxylic acids is 1. The molecular formula is C15H23NO4S. The quantitative estimate of drug-likeness (QED) is 0.845. The molecule has 0 aromatic heterocycles. The van der Waals surface area contributed by atoms with Crippen LogP contribution in [0.3, 0.4) is 0 Å². The lowest BCUT2D eigenvalue weighted by atomic mass is 10.0. The smallest absolute Gasteiger partial charge is 0.321 e. The maximum atomic E-state index is 12.6. The maximum Gasteiger partial charge on any atom is 0.321 e. The summed E-state index contributed by atoms with van der Waals surface area (Å²) < 4.78 is 27.5. The van der Waals surface area contributed by atoms with E-state index in [4.69, 9.17) is 5.11 Å². The molecule has 0 aliphatic heterocycles. The Balaban J connectivity index is 3.35. The van der Waals surface area contributed by atoms with Crippen molar-refractivity contribution < 1.29 is 18.3 Å². The molecule has 0 saturated carbocycles. The van der Waals surface area contributed by atoms with Crippen molar-refractivity contribution in [3.8, 4) is 0 Å². The molecule has 0 fully saturated rings. The van der Waals surface area contributed by atoms with E-state index in [2.05, 4.69) is 4.72 Å². The van der Waals surface area contributed by atoms with Crippen LogP contribution in [0.15, 0.2) is 11.0 Å². The Morgan fingerprint density at radius 3 is 2.05 bits per heavy atom. The Bertz CT molecular complexity index is 624. The largest absolute Gasteiger partial charge is 0.480 e. The minimum Gasteiger partial charge on any atom is -0.480 e. The third kappa shape index (κ3) is 3.83. The van der Waals surface area contributed by atoms with E-state index >= 15 is 0 Å². The fourth-order valence-corrected chi connectivity index (χ4v) is 4.19. The first kappa shape index (κ1) is 17.7. The normalized spacial score (nSPS) is 13.2. The molecule has 1 aromatic carbocycles. The van der Waals surface area contributed by atoms with Gasteiger partial charge in [-0.15, -0.1) is 0 Å². The molecule has 0 aliphatic carbocycles. The van der Waals surface area contributed by atoms with E-state index < -0.39 is 22.0 Å². The Kier molecular flexibility index (Phi) is 5.53. The van der Waals surface area contributed by atoms with Gasteiger partial charge in [0.25, 0.3) is 0 Å². The van der Waals surface area contributed by atoms with Gasteiger partial charge in [-0.25, -0.2) is 8.42 Å². The van der Waals surface area contributed by atoms with Gasteiger partial charge in [-0.3, -0.25) is 4.79 Å². The number of sulfonamides is 1. The molecule has 21 heavy (non-hydrogen) atoms. The van der Waals surface area contributed by atoms with Gasteiger partial charge in [0.2, 0.25) is 10.0 Å². The molecule has 1 atom stereocenters. The highest BCUT2D eigenvalue weighted by atomic mass is 32.2. The van der Waals surface area contributed by atoms with Gasteiger partial charge in [-0.2, -0.15) is 4.72 Å². The van der Waals surface area contributed by atoms with Crippen molar-refractivity contribution in [3.63, 3.8) is 0 Å². The van der Waals surface area contributed by atoms with Gasteiger partial charge in [0.15, 0.2) is 0 Å². The number of hydrogen-bond acceptors (Lipinski definition) is 3. The van der Waals surface area contributed by atoms with Crippen LogP contribution in [0.2, 0.25) is 0 Å². The number of carboxylic acid groups (broad SMARTS) is 1. The third-order valence-corrected chi connectivity index (χ3v) is 5.48. The average molecular weight is 313 g/mol. The molecule has 1 rings (SSSR count). The van der Waals surface area contributed by atoms with Crippen LogP contribution in [0.1, 0.15) is 42.0 Å². The highest BCUT2D eigenvalue weighted by molar-refractivity contribution is 7.89. The predicted molar refractivity (Wildman–Crippen MR) is 82.0 cm³/mol. The number of aryl methyl sites for hydroxylation is 2. The minimum atomic E-state index is -3.86. The molecule has 1 unspecified atom stereocenters. The molecule has 5 nitrogen and oxygen atoms in total. The van der Waals surface area contributed by atoms with E-state index in [1.807, 2.05) is 26.8 Å². The van der Waals surface area contributed by atoms with E-state index in [0.29, 0.717) is 17.5 Å². The summed E-state index contributed by atoms with van der Waals surface area (Å²) in [4.78, 5) is 11.4. The maximum absolute atomic E-state index is 12.6. The predicted octanol–water partition coefficient (Wildman–Crippen LogP) is 2.45. The molecule has 0 spiro atoms. The molecule has 0 aliphatic rings. The Hall–Kier alpha value is -1.40. The number of rotatable bonds is 6. The van der Waals surface area contributed by atoms with Crippen molar-refractivity contribution >= 4 is 16.0 Å².